The summed E-state index contributed by atoms with van der Waals surface area (Å²) in [4.78, 5) is 0. The number of rotatable bonds is 0. The summed E-state index contributed by atoms with van der Waals surface area (Å²) in [5.74, 6) is 0. The molecule has 0 bridgehead atoms. The van der Waals surface area contributed by atoms with Crippen molar-refractivity contribution >= 4 is 0 Å². The predicted molar refractivity (Wildman–Crippen MR) is 30.0 cm³/mol. The Morgan fingerprint density at radius 1 is 1.00 bits per heavy atom. The molecule has 4 N–H and O–H groups in total. The number of aliphatic hydroxyl groups excluding tert-OH is 4. The lowest BCUT2D eigenvalue weighted by Gasteiger charge is -2.31. The van der Waals surface area contributed by atoms with E-state index in [1.807, 2.05) is 0 Å². The fraction of sp³-hybridized carbons (Fsp3) is 1.00. The molecule has 0 amide bonds. The van der Waals surface area contributed by atoms with Crippen molar-refractivity contribution in [3.05, 3.63) is 0 Å². The van der Waals surface area contributed by atoms with Crippen molar-refractivity contribution in [1.82, 2.24) is 0 Å². The predicted octanol–water partition coefficient (Wildman–Crippen LogP) is -2.58. The van der Waals surface area contributed by atoms with Gasteiger partial charge in [-0.2, -0.15) is 0 Å². The first-order chi connectivity index (χ1) is 4.63. The molecule has 0 aromatic rings. The van der Waals surface area contributed by atoms with Crippen molar-refractivity contribution < 1.29 is 25.2 Å². The van der Waals surface area contributed by atoms with Gasteiger partial charge in [-0.3, -0.25) is 0 Å². The van der Waals surface area contributed by atoms with E-state index >= 15 is 0 Å². The van der Waals surface area contributed by atoms with E-state index in [1.165, 1.54) is 0 Å². The number of hydrogen-bond acceptors (Lipinski definition) is 5. The Morgan fingerprint density at radius 3 is 2.10 bits per heavy atom. The summed E-state index contributed by atoms with van der Waals surface area (Å²) < 4.78 is 4.47. The van der Waals surface area contributed by atoms with Crippen LogP contribution in [0.1, 0.15) is 0 Å². The summed E-state index contributed by atoms with van der Waals surface area (Å²) in [7, 11) is 0. The molecular formula is C5H10O5. The van der Waals surface area contributed by atoms with Crippen LogP contribution < -0.4 is 0 Å². The lowest BCUT2D eigenvalue weighted by atomic mass is 10.3. The van der Waals surface area contributed by atoms with Crippen molar-refractivity contribution in [3.8, 4) is 0 Å². The number of aliphatic hydroxyl groups is 4. The molecule has 0 aromatic carbocycles. The maximum Gasteiger partial charge on any atom is 0.183 e. The number of ether oxygens (including phenoxy) is 1. The first-order valence-corrected chi connectivity index (χ1v) is 2.97. The van der Waals surface area contributed by atoms with Crippen LogP contribution in [0.2, 0.25) is 0 Å². The molecular weight excluding hydrogens is 142 g/mol. The van der Waals surface area contributed by atoms with Gasteiger partial charge in [-0.25, -0.2) is 0 Å². The molecule has 1 heterocycles. The van der Waals surface area contributed by atoms with Gasteiger partial charge in [0.05, 0.1) is 6.61 Å². The van der Waals surface area contributed by atoms with Gasteiger partial charge < -0.3 is 25.2 Å². The van der Waals surface area contributed by atoms with E-state index in [0.717, 1.165) is 0 Å². The summed E-state index contributed by atoms with van der Waals surface area (Å²) in [6, 6.07) is 0. The maximum absolute atomic E-state index is 8.88. The van der Waals surface area contributed by atoms with Crippen molar-refractivity contribution in [2.24, 2.45) is 0 Å². The van der Waals surface area contributed by atoms with Gasteiger partial charge in [0.15, 0.2) is 6.29 Å². The third-order valence-electron chi connectivity index (χ3n) is 1.47. The molecule has 1 saturated heterocycles. The van der Waals surface area contributed by atoms with E-state index in [-0.39, 0.29) is 6.61 Å². The van der Waals surface area contributed by atoms with Gasteiger partial charge in [-0.05, 0) is 0 Å². The molecule has 60 valence electrons. The highest BCUT2D eigenvalue weighted by Crippen LogP contribution is 2.12. The zero-order chi connectivity index (χ0) is 7.72. The van der Waals surface area contributed by atoms with Crippen molar-refractivity contribution in [2.45, 2.75) is 24.6 Å². The Balaban J connectivity index is 2.52. The molecule has 10 heavy (non-hydrogen) atoms. The molecule has 1 aliphatic rings. The minimum Gasteiger partial charge on any atom is -0.388 e. The monoisotopic (exact) mass is 152 g/mol. The van der Waals surface area contributed by atoms with Crippen LogP contribution in [0.5, 0.6) is 0 Å². The minimum absolute atomic E-state index is 0.153. The van der Waals surface area contributed by atoms with E-state index in [0.29, 0.717) is 0 Å². The largest absolute Gasteiger partial charge is 0.388 e. The lowest BCUT2D eigenvalue weighted by Crippen LogP contribution is -2.52. The van der Waals surface area contributed by atoms with Gasteiger partial charge in [-0.1, -0.05) is 0 Å². The topological polar surface area (TPSA) is 90.2 Å². The van der Waals surface area contributed by atoms with Crippen LogP contribution in [-0.4, -0.2) is 51.6 Å². The molecule has 1 fully saturated rings. The summed E-state index contributed by atoms with van der Waals surface area (Å²) in [5.41, 5.74) is 0. The summed E-state index contributed by atoms with van der Waals surface area (Å²) in [5, 5.41) is 35.3. The Bertz CT molecular complexity index is 103. The van der Waals surface area contributed by atoms with Gasteiger partial charge >= 0.3 is 0 Å². The maximum atomic E-state index is 8.88. The minimum atomic E-state index is -1.41. The Labute approximate surface area is 57.5 Å². The normalized spacial score (nSPS) is 49.2. The molecule has 4 atom stereocenters. The van der Waals surface area contributed by atoms with Crippen LogP contribution >= 0.6 is 0 Å². The summed E-state index contributed by atoms with van der Waals surface area (Å²) >= 11 is 0. The molecule has 0 spiro atoms. The van der Waals surface area contributed by atoms with E-state index in [9.17, 15) is 0 Å². The highest BCUT2D eigenvalue weighted by molar-refractivity contribution is 4.81. The van der Waals surface area contributed by atoms with Gasteiger partial charge in [-0.15, -0.1) is 0 Å². The fourth-order valence-electron chi connectivity index (χ4n) is 0.791. The first kappa shape index (κ1) is 7.90. The van der Waals surface area contributed by atoms with Crippen LogP contribution in [0.25, 0.3) is 0 Å². The van der Waals surface area contributed by atoms with Crippen molar-refractivity contribution in [3.63, 3.8) is 0 Å². The van der Waals surface area contributed by atoms with E-state index < -0.39 is 24.6 Å². The van der Waals surface area contributed by atoms with Crippen LogP contribution in [0.3, 0.4) is 0 Å². The summed E-state index contributed by atoms with van der Waals surface area (Å²) in [6.45, 7) is -0.153. The van der Waals surface area contributed by atoms with E-state index in [4.69, 9.17) is 20.4 Å². The van der Waals surface area contributed by atoms with E-state index in [1.54, 1.807) is 0 Å². The van der Waals surface area contributed by atoms with Gasteiger partial charge in [0, 0.05) is 0 Å². The standard InChI is InChI=1S/C5H10O5/c6-2-1-10-5(9)4(8)3(2)7/h2-9H,1H2/t2-,3-,4-,5?/m1/s1/i1+1,4+1. The second kappa shape index (κ2) is 2.81. The average Bonchev–Trinajstić information content (AvgIpc) is 1.93. The second-order valence-corrected chi connectivity index (χ2v) is 2.27. The summed E-state index contributed by atoms with van der Waals surface area (Å²) in [6.07, 6.45) is -5.23. The highest BCUT2D eigenvalue weighted by Gasteiger charge is 2.36. The van der Waals surface area contributed by atoms with E-state index in [2.05, 4.69) is 4.74 Å². The molecule has 5 nitrogen and oxygen atoms in total. The van der Waals surface area contributed by atoms with Gasteiger partial charge in [0.2, 0.25) is 0 Å². The molecule has 5 heteroatoms. The zero-order valence-electron chi connectivity index (χ0n) is 5.21. The molecule has 1 unspecified atom stereocenters. The van der Waals surface area contributed by atoms with Crippen LogP contribution in [0.15, 0.2) is 0 Å². The third-order valence-corrected chi connectivity index (χ3v) is 1.47. The van der Waals surface area contributed by atoms with Crippen LogP contribution in [-0.2, 0) is 4.74 Å². The fourth-order valence-corrected chi connectivity index (χ4v) is 0.791. The molecule has 0 saturated carbocycles. The van der Waals surface area contributed by atoms with Crippen molar-refractivity contribution in [2.75, 3.05) is 6.61 Å². The quantitative estimate of drug-likeness (QED) is 0.286. The van der Waals surface area contributed by atoms with Crippen LogP contribution in [0.4, 0.5) is 0 Å². The van der Waals surface area contributed by atoms with Gasteiger partial charge in [0.25, 0.3) is 0 Å². The first-order valence-electron chi connectivity index (χ1n) is 2.97. The zero-order valence-corrected chi connectivity index (χ0v) is 5.21. The SMILES string of the molecule is OC1O[13CH2][C@@H](O)[C@@H](O)[13C@H]1O. The smallest absolute Gasteiger partial charge is 0.183 e. The molecule has 1 rings (SSSR count). The molecule has 1 aliphatic heterocycles. The Morgan fingerprint density at radius 2 is 1.60 bits per heavy atom. The molecule has 0 aromatic heterocycles. The Hall–Kier alpha value is -0.200. The second-order valence-electron chi connectivity index (χ2n) is 2.27. The lowest BCUT2D eigenvalue weighted by molar-refractivity contribution is -0.252. The molecule has 0 aliphatic carbocycles. The number of hydrogen-bond donors (Lipinski definition) is 4. The van der Waals surface area contributed by atoms with Gasteiger partial charge in [0.1, 0.15) is 18.3 Å². The van der Waals surface area contributed by atoms with Crippen molar-refractivity contribution in [1.29, 1.82) is 0 Å². The third kappa shape index (κ3) is 1.28. The molecule has 0 radical (unpaired) electrons. The van der Waals surface area contributed by atoms with Crippen LogP contribution in [0, 0.1) is 0 Å². The highest BCUT2D eigenvalue weighted by atomic mass is 16.7. The average molecular weight is 152 g/mol. The Kier molecular flexibility index (Phi) is 2.22.